The maximum absolute atomic E-state index is 5.03. The molecule has 0 saturated carbocycles. The third-order valence-corrected chi connectivity index (χ3v) is 7.47. The van der Waals surface area contributed by atoms with Gasteiger partial charge in [-0.05, 0) is 77.4 Å². The van der Waals surface area contributed by atoms with Crippen molar-refractivity contribution in [2.75, 3.05) is 44.2 Å². The summed E-state index contributed by atoms with van der Waals surface area (Å²) in [4.78, 5) is 16.4. The molecule has 0 bridgehead atoms. The number of pyridine rings is 1. The first kappa shape index (κ1) is 21.5. The molecule has 32 heavy (non-hydrogen) atoms. The van der Waals surface area contributed by atoms with E-state index in [1.165, 1.54) is 59.3 Å². The van der Waals surface area contributed by atoms with Crippen LogP contribution >= 0.6 is 0 Å². The summed E-state index contributed by atoms with van der Waals surface area (Å²) in [5.41, 5.74) is 8.54. The van der Waals surface area contributed by atoms with Gasteiger partial charge in [0.1, 0.15) is 0 Å². The van der Waals surface area contributed by atoms with Crippen molar-refractivity contribution < 1.29 is 0 Å². The minimum Gasteiger partial charge on any atom is -0.369 e. The van der Waals surface area contributed by atoms with E-state index in [9.17, 15) is 0 Å². The lowest BCUT2D eigenvalue weighted by atomic mass is 10.0. The van der Waals surface area contributed by atoms with E-state index in [2.05, 4.69) is 77.7 Å². The molecule has 0 atom stereocenters. The molecule has 2 saturated heterocycles. The van der Waals surface area contributed by atoms with Crippen molar-refractivity contribution >= 4 is 16.6 Å². The van der Waals surface area contributed by atoms with Gasteiger partial charge in [0.15, 0.2) is 0 Å². The molecular formula is C27H37N5. The van der Waals surface area contributed by atoms with E-state index in [0.29, 0.717) is 6.04 Å². The van der Waals surface area contributed by atoms with Crippen molar-refractivity contribution in [3.8, 4) is 11.3 Å². The van der Waals surface area contributed by atoms with Gasteiger partial charge < -0.3 is 9.88 Å². The summed E-state index contributed by atoms with van der Waals surface area (Å²) in [5.74, 6) is 0. The largest absolute Gasteiger partial charge is 0.369 e. The third kappa shape index (κ3) is 4.16. The number of fused-ring (bicyclic) bond motifs is 1. The van der Waals surface area contributed by atoms with Crippen LogP contribution in [0.5, 0.6) is 0 Å². The summed E-state index contributed by atoms with van der Waals surface area (Å²) in [6.07, 6.45) is 2.65. The summed E-state index contributed by atoms with van der Waals surface area (Å²) in [5, 5.41) is 1.25. The summed E-state index contributed by atoms with van der Waals surface area (Å²) >= 11 is 0. The highest BCUT2D eigenvalue weighted by molar-refractivity contribution is 5.95. The molecule has 2 aromatic heterocycles. The Morgan fingerprint density at radius 3 is 2.28 bits per heavy atom. The molecule has 5 heteroatoms. The Labute approximate surface area is 192 Å². The van der Waals surface area contributed by atoms with Crippen molar-refractivity contribution in [2.24, 2.45) is 0 Å². The van der Waals surface area contributed by atoms with Crippen LogP contribution in [0, 0.1) is 13.8 Å². The van der Waals surface area contributed by atoms with Gasteiger partial charge in [-0.2, -0.15) is 0 Å². The molecule has 5 rings (SSSR count). The lowest BCUT2D eigenvalue weighted by Gasteiger charge is -2.38. The molecule has 2 aliphatic heterocycles. The standard InChI is InChI=1S/C27H37N5/c1-19(2)31-13-15-32(16-14-31)24-9-7-22(8-10-24)27-25-17-23(18-30-11-5-6-12-30)29-26(25)20(3)21(4)28-27/h7-10,17,19,29H,5-6,11-16,18H2,1-4H3. The monoisotopic (exact) mass is 431 g/mol. The maximum atomic E-state index is 5.03. The molecule has 0 unspecified atom stereocenters. The Hall–Kier alpha value is -2.37. The van der Waals surface area contributed by atoms with E-state index in [4.69, 9.17) is 4.98 Å². The fourth-order valence-electron chi connectivity index (χ4n) is 5.30. The molecule has 3 aromatic rings. The highest BCUT2D eigenvalue weighted by atomic mass is 15.3. The van der Waals surface area contributed by atoms with Gasteiger partial charge in [0.05, 0.1) is 11.2 Å². The lowest BCUT2D eigenvalue weighted by molar-refractivity contribution is 0.209. The van der Waals surface area contributed by atoms with E-state index in [0.717, 1.165) is 44.1 Å². The first-order valence-electron chi connectivity index (χ1n) is 12.3. The molecule has 0 spiro atoms. The van der Waals surface area contributed by atoms with Crippen LogP contribution in [0.2, 0.25) is 0 Å². The number of benzene rings is 1. The Morgan fingerprint density at radius 1 is 0.938 bits per heavy atom. The van der Waals surface area contributed by atoms with Crippen LogP contribution in [0.15, 0.2) is 30.3 Å². The van der Waals surface area contributed by atoms with Crippen LogP contribution in [0.25, 0.3) is 22.2 Å². The predicted molar refractivity (Wildman–Crippen MR) is 134 cm³/mol. The number of hydrogen-bond donors (Lipinski definition) is 1. The predicted octanol–water partition coefficient (Wildman–Crippen LogP) is 4.97. The topological polar surface area (TPSA) is 38.4 Å². The second-order valence-corrected chi connectivity index (χ2v) is 9.90. The third-order valence-electron chi connectivity index (χ3n) is 7.47. The van der Waals surface area contributed by atoms with E-state index in [1.54, 1.807) is 0 Å². The number of aromatic nitrogens is 2. The number of likely N-dealkylation sites (tertiary alicyclic amines) is 1. The zero-order valence-electron chi connectivity index (χ0n) is 20.1. The van der Waals surface area contributed by atoms with E-state index < -0.39 is 0 Å². The molecule has 1 aromatic carbocycles. The SMILES string of the molecule is Cc1nc(-c2ccc(N3CCN(C(C)C)CC3)cc2)c2cc(CN3CCCC3)[nH]c2c1C. The summed E-state index contributed by atoms with van der Waals surface area (Å²) in [7, 11) is 0. The van der Waals surface area contributed by atoms with Crippen LogP contribution in [-0.2, 0) is 6.54 Å². The molecule has 170 valence electrons. The van der Waals surface area contributed by atoms with Gasteiger partial charge in [0, 0.05) is 66.8 Å². The van der Waals surface area contributed by atoms with Crippen molar-refractivity contribution in [2.45, 2.75) is 53.1 Å². The van der Waals surface area contributed by atoms with Crippen molar-refractivity contribution in [3.63, 3.8) is 0 Å². The molecule has 5 nitrogen and oxygen atoms in total. The average molecular weight is 432 g/mol. The number of nitrogens with zero attached hydrogens (tertiary/aromatic N) is 4. The Balaban J connectivity index is 1.41. The van der Waals surface area contributed by atoms with Gasteiger partial charge in [-0.25, -0.2) is 0 Å². The van der Waals surface area contributed by atoms with Gasteiger partial charge in [-0.1, -0.05) is 12.1 Å². The molecule has 0 amide bonds. The van der Waals surface area contributed by atoms with Gasteiger partial charge in [0.2, 0.25) is 0 Å². The minimum atomic E-state index is 0.634. The molecule has 2 fully saturated rings. The number of nitrogens with one attached hydrogen (secondary N) is 1. The van der Waals surface area contributed by atoms with E-state index in [1.807, 2.05) is 0 Å². The fourth-order valence-corrected chi connectivity index (χ4v) is 5.30. The van der Waals surface area contributed by atoms with Gasteiger partial charge in [0.25, 0.3) is 0 Å². The lowest BCUT2D eigenvalue weighted by Crippen LogP contribution is -2.48. The quantitative estimate of drug-likeness (QED) is 0.619. The van der Waals surface area contributed by atoms with Gasteiger partial charge in [-0.15, -0.1) is 0 Å². The fraction of sp³-hybridized carbons (Fsp3) is 0.519. The van der Waals surface area contributed by atoms with E-state index in [-0.39, 0.29) is 0 Å². The molecule has 0 aliphatic carbocycles. The van der Waals surface area contributed by atoms with Crippen molar-refractivity contribution in [1.29, 1.82) is 0 Å². The van der Waals surface area contributed by atoms with Crippen LogP contribution in [0.3, 0.4) is 0 Å². The Bertz CT molecular complexity index is 1070. The first-order chi connectivity index (χ1) is 15.5. The zero-order chi connectivity index (χ0) is 22.2. The summed E-state index contributed by atoms with van der Waals surface area (Å²) < 4.78 is 0. The Morgan fingerprint density at radius 2 is 1.62 bits per heavy atom. The number of aromatic amines is 1. The number of anilines is 1. The number of piperazine rings is 1. The van der Waals surface area contributed by atoms with Crippen LogP contribution < -0.4 is 4.90 Å². The highest BCUT2D eigenvalue weighted by Crippen LogP contribution is 2.32. The summed E-state index contributed by atoms with van der Waals surface area (Å²) in [6, 6.07) is 12.0. The van der Waals surface area contributed by atoms with Gasteiger partial charge in [-0.3, -0.25) is 14.8 Å². The number of hydrogen-bond acceptors (Lipinski definition) is 4. The summed E-state index contributed by atoms with van der Waals surface area (Å²) in [6.45, 7) is 16.8. The smallest absolute Gasteiger partial charge is 0.0799 e. The average Bonchev–Trinajstić information content (AvgIpc) is 3.47. The normalized spacial score (nSPS) is 18.3. The number of rotatable bonds is 5. The number of H-pyrrole nitrogens is 1. The highest BCUT2D eigenvalue weighted by Gasteiger charge is 2.20. The van der Waals surface area contributed by atoms with Crippen molar-refractivity contribution in [3.05, 3.63) is 47.3 Å². The minimum absolute atomic E-state index is 0.634. The zero-order valence-corrected chi connectivity index (χ0v) is 20.1. The van der Waals surface area contributed by atoms with Crippen molar-refractivity contribution in [1.82, 2.24) is 19.8 Å². The second-order valence-electron chi connectivity index (χ2n) is 9.90. The molecule has 0 radical (unpaired) electrons. The number of aryl methyl sites for hydroxylation is 2. The maximum Gasteiger partial charge on any atom is 0.0799 e. The second kappa shape index (κ2) is 8.87. The van der Waals surface area contributed by atoms with Crippen LogP contribution in [0.4, 0.5) is 5.69 Å². The molecule has 4 heterocycles. The molecule has 1 N–H and O–H groups in total. The van der Waals surface area contributed by atoms with Crippen LogP contribution in [0.1, 0.15) is 43.6 Å². The van der Waals surface area contributed by atoms with Crippen LogP contribution in [-0.4, -0.2) is 65.1 Å². The first-order valence-corrected chi connectivity index (χ1v) is 12.3. The van der Waals surface area contributed by atoms with E-state index >= 15 is 0 Å². The van der Waals surface area contributed by atoms with Gasteiger partial charge >= 0.3 is 0 Å². The Kier molecular flexibility index (Phi) is 5.95. The molecular weight excluding hydrogens is 394 g/mol. The molecule has 2 aliphatic rings.